The number of hydrogen-bond donors (Lipinski definition) is 1. The highest BCUT2D eigenvalue weighted by Crippen LogP contribution is 2.33. The summed E-state index contributed by atoms with van der Waals surface area (Å²) < 4.78 is 1.88. The van der Waals surface area contributed by atoms with Gasteiger partial charge in [0.05, 0.1) is 6.04 Å². The van der Waals surface area contributed by atoms with Crippen LogP contribution in [0.1, 0.15) is 34.2 Å². The van der Waals surface area contributed by atoms with Gasteiger partial charge in [0.2, 0.25) is 4.96 Å². The summed E-state index contributed by atoms with van der Waals surface area (Å²) in [5.74, 6) is 0.929. The van der Waals surface area contributed by atoms with Gasteiger partial charge in [-0.25, -0.2) is 0 Å². The first-order valence-electron chi connectivity index (χ1n) is 6.37. The maximum Gasteiger partial charge on any atom is 0.234 e. The Bertz CT molecular complexity index is 725. The number of fused-ring (bicyclic) bond motifs is 2. The molecule has 1 unspecified atom stereocenters. The van der Waals surface area contributed by atoms with Crippen LogP contribution in [0.15, 0.2) is 11.4 Å². The van der Waals surface area contributed by atoms with Crippen LogP contribution in [0.4, 0.5) is 0 Å². The highest BCUT2D eigenvalue weighted by atomic mass is 32.1. The van der Waals surface area contributed by atoms with E-state index in [0.29, 0.717) is 0 Å². The maximum atomic E-state index is 4.70. The van der Waals surface area contributed by atoms with E-state index in [2.05, 4.69) is 33.9 Å². The van der Waals surface area contributed by atoms with Crippen LogP contribution in [-0.2, 0) is 12.8 Å². The normalized spacial score (nSPS) is 18.9. The zero-order chi connectivity index (χ0) is 12.8. The predicted octanol–water partition coefficient (Wildman–Crippen LogP) is 2.04. The Balaban J connectivity index is 1.81. The van der Waals surface area contributed by atoms with Crippen LogP contribution in [-0.4, -0.2) is 26.4 Å². The van der Waals surface area contributed by atoms with E-state index >= 15 is 0 Å². The molecule has 0 aliphatic carbocycles. The molecule has 0 saturated carbocycles. The molecule has 5 nitrogen and oxygen atoms in total. The standard InChI is InChI=1S/C12H13N5S2/c1-2-9-14-15-12-17(9)16-11(19-12)10-7-4-6-18-8(7)3-5-13-10/h4,6,10,13H,2-3,5H2,1H3. The van der Waals surface area contributed by atoms with Gasteiger partial charge >= 0.3 is 0 Å². The summed E-state index contributed by atoms with van der Waals surface area (Å²) in [6, 6.07) is 2.42. The second-order valence-corrected chi connectivity index (χ2v) is 6.53. The molecule has 1 aliphatic rings. The summed E-state index contributed by atoms with van der Waals surface area (Å²) >= 11 is 3.47. The molecule has 0 saturated heterocycles. The first-order chi connectivity index (χ1) is 9.36. The lowest BCUT2D eigenvalue weighted by atomic mass is 10.0. The average Bonchev–Trinajstić information content (AvgIpc) is 3.12. The second kappa shape index (κ2) is 4.36. The minimum atomic E-state index is 0.214. The molecule has 0 amide bonds. The lowest BCUT2D eigenvalue weighted by Gasteiger charge is -2.21. The zero-order valence-electron chi connectivity index (χ0n) is 10.5. The molecule has 0 aromatic carbocycles. The van der Waals surface area contributed by atoms with Gasteiger partial charge in [0.1, 0.15) is 5.01 Å². The molecule has 19 heavy (non-hydrogen) atoms. The van der Waals surface area contributed by atoms with Crippen molar-refractivity contribution in [2.45, 2.75) is 25.8 Å². The average molecular weight is 291 g/mol. The maximum absolute atomic E-state index is 4.70. The van der Waals surface area contributed by atoms with E-state index in [1.807, 2.05) is 15.9 Å². The first kappa shape index (κ1) is 11.5. The van der Waals surface area contributed by atoms with Crippen molar-refractivity contribution in [3.05, 3.63) is 32.7 Å². The summed E-state index contributed by atoms with van der Waals surface area (Å²) in [5.41, 5.74) is 1.37. The fourth-order valence-corrected chi connectivity index (χ4v) is 4.35. The molecule has 3 aromatic heterocycles. The van der Waals surface area contributed by atoms with Gasteiger partial charge in [0.25, 0.3) is 0 Å². The number of hydrogen-bond acceptors (Lipinski definition) is 6. The molecule has 7 heteroatoms. The molecule has 0 radical (unpaired) electrons. The van der Waals surface area contributed by atoms with Crippen molar-refractivity contribution < 1.29 is 0 Å². The summed E-state index contributed by atoms with van der Waals surface area (Å²) in [7, 11) is 0. The van der Waals surface area contributed by atoms with Crippen molar-refractivity contribution in [1.82, 2.24) is 25.1 Å². The van der Waals surface area contributed by atoms with Gasteiger partial charge in [-0.15, -0.1) is 21.5 Å². The molecule has 1 aliphatic heterocycles. The van der Waals surface area contributed by atoms with Crippen LogP contribution >= 0.6 is 22.7 Å². The van der Waals surface area contributed by atoms with Crippen LogP contribution in [0, 0.1) is 0 Å². The third-order valence-corrected chi connectivity index (χ3v) is 5.39. The fourth-order valence-electron chi connectivity index (χ4n) is 2.48. The van der Waals surface area contributed by atoms with Crippen LogP contribution < -0.4 is 5.32 Å². The van der Waals surface area contributed by atoms with Gasteiger partial charge in [-0.3, -0.25) is 0 Å². The quantitative estimate of drug-likeness (QED) is 0.785. The highest BCUT2D eigenvalue weighted by Gasteiger charge is 2.26. The third kappa shape index (κ3) is 1.73. The molecular weight excluding hydrogens is 278 g/mol. The smallest absolute Gasteiger partial charge is 0.234 e. The summed E-state index contributed by atoms with van der Waals surface area (Å²) in [6.45, 7) is 3.09. The summed E-state index contributed by atoms with van der Waals surface area (Å²) in [5, 5.41) is 19.8. The van der Waals surface area contributed by atoms with Crippen molar-refractivity contribution in [2.75, 3.05) is 6.54 Å². The van der Waals surface area contributed by atoms with E-state index in [1.54, 1.807) is 11.3 Å². The largest absolute Gasteiger partial charge is 0.304 e. The fraction of sp³-hybridized carbons (Fsp3) is 0.417. The van der Waals surface area contributed by atoms with Gasteiger partial charge in [0, 0.05) is 17.8 Å². The molecule has 0 bridgehead atoms. The summed E-state index contributed by atoms with van der Waals surface area (Å²) in [4.78, 5) is 2.36. The molecule has 1 N–H and O–H groups in total. The number of thiophene rings is 1. The molecular formula is C12H13N5S2. The van der Waals surface area contributed by atoms with Gasteiger partial charge in [0.15, 0.2) is 5.82 Å². The molecule has 4 rings (SSSR count). The van der Waals surface area contributed by atoms with Gasteiger partial charge in [-0.1, -0.05) is 18.3 Å². The van der Waals surface area contributed by atoms with Crippen LogP contribution in [0.3, 0.4) is 0 Å². The lowest BCUT2D eigenvalue weighted by molar-refractivity contribution is 0.565. The predicted molar refractivity (Wildman–Crippen MR) is 75.9 cm³/mol. The minimum absolute atomic E-state index is 0.214. The SMILES string of the molecule is CCc1nnc2sc(C3NCCc4sccc43)nn12. The second-order valence-electron chi connectivity index (χ2n) is 4.54. The lowest BCUT2D eigenvalue weighted by Crippen LogP contribution is -2.29. The Morgan fingerprint density at radius 3 is 3.32 bits per heavy atom. The van der Waals surface area contributed by atoms with E-state index in [0.717, 1.165) is 35.2 Å². The Kier molecular flexibility index (Phi) is 2.64. The number of nitrogens with zero attached hydrogens (tertiary/aromatic N) is 4. The van der Waals surface area contributed by atoms with Crippen molar-refractivity contribution in [1.29, 1.82) is 0 Å². The summed E-state index contributed by atoms with van der Waals surface area (Å²) in [6.07, 6.45) is 1.97. The van der Waals surface area contributed by atoms with E-state index < -0.39 is 0 Å². The monoisotopic (exact) mass is 291 g/mol. The van der Waals surface area contributed by atoms with Crippen LogP contribution in [0.5, 0.6) is 0 Å². The Morgan fingerprint density at radius 1 is 1.47 bits per heavy atom. The zero-order valence-corrected chi connectivity index (χ0v) is 12.1. The Labute approximate surface area is 118 Å². The van der Waals surface area contributed by atoms with E-state index in [4.69, 9.17) is 5.10 Å². The van der Waals surface area contributed by atoms with E-state index in [1.165, 1.54) is 10.4 Å². The number of nitrogens with one attached hydrogen (secondary N) is 1. The van der Waals surface area contributed by atoms with Crippen molar-refractivity contribution in [2.24, 2.45) is 0 Å². The topological polar surface area (TPSA) is 55.1 Å². The van der Waals surface area contributed by atoms with Crippen molar-refractivity contribution >= 4 is 27.6 Å². The molecule has 98 valence electrons. The van der Waals surface area contributed by atoms with Crippen molar-refractivity contribution in [3.8, 4) is 0 Å². The Hall–Kier alpha value is -1.31. The third-order valence-electron chi connectivity index (χ3n) is 3.43. The number of aromatic nitrogens is 4. The van der Waals surface area contributed by atoms with E-state index in [9.17, 15) is 0 Å². The van der Waals surface area contributed by atoms with Crippen molar-refractivity contribution in [3.63, 3.8) is 0 Å². The van der Waals surface area contributed by atoms with Gasteiger partial charge in [-0.05, 0) is 23.4 Å². The van der Waals surface area contributed by atoms with Crippen LogP contribution in [0.2, 0.25) is 0 Å². The van der Waals surface area contributed by atoms with Gasteiger partial charge < -0.3 is 5.32 Å². The molecule has 3 aromatic rings. The minimum Gasteiger partial charge on any atom is -0.304 e. The van der Waals surface area contributed by atoms with E-state index in [-0.39, 0.29) is 6.04 Å². The van der Waals surface area contributed by atoms with Gasteiger partial charge in [-0.2, -0.15) is 9.61 Å². The molecule has 1 atom stereocenters. The number of rotatable bonds is 2. The van der Waals surface area contributed by atoms with Crippen LogP contribution in [0.25, 0.3) is 4.96 Å². The molecule has 0 spiro atoms. The molecule has 0 fully saturated rings. The first-order valence-corrected chi connectivity index (χ1v) is 8.07. The highest BCUT2D eigenvalue weighted by molar-refractivity contribution is 7.16. The number of aryl methyl sites for hydroxylation is 1. The Morgan fingerprint density at radius 2 is 2.42 bits per heavy atom. The molecule has 4 heterocycles.